The first-order valence-electron chi connectivity index (χ1n) is 9.80. The Balaban J connectivity index is 1.51. The van der Waals surface area contributed by atoms with E-state index >= 15 is 0 Å². The van der Waals surface area contributed by atoms with E-state index in [1.165, 1.54) is 37.1 Å². The molecule has 1 saturated heterocycles. The lowest BCUT2D eigenvalue weighted by Gasteiger charge is -2.26. The van der Waals surface area contributed by atoms with Gasteiger partial charge in [0.1, 0.15) is 11.8 Å². The lowest BCUT2D eigenvalue weighted by molar-refractivity contribution is -0.918. The summed E-state index contributed by atoms with van der Waals surface area (Å²) in [6.07, 6.45) is 3.59. The number of hydrogen-bond donors (Lipinski definition) is 3. The minimum Gasteiger partial charge on any atom is -0.497 e. The molecule has 0 radical (unpaired) electrons. The highest BCUT2D eigenvalue weighted by Crippen LogP contribution is 2.16. The van der Waals surface area contributed by atoms with Crippen molar-refractivity contribution in [3.05, 3.63) is 65.7 Å². The van der Waals surface area contributed by atoms with Crippen molar-refractivity contribution in [2.45, 2.75) is 25.3 Å². The third kappa shape index (κ3) is 5.94. The number of rotatable bonds is 8. The number of quaternary nitrogens is 1. The molecule has 0 unspecified atom stereocenters. The van der Waals surface area contributed by atoms with Gasteiger partial charge in [0, 0.05) is 24.9 Å². The van der Waals surface area contributed by atoms with Crippen LogP contribution in [0.4, 0.5) is 0 Å². The molecule has 3 N–H and O–H groups in total. The van der Waals surface area contributed by atoms with Crippen molar-refractivity contribution in [3.63, 3.8) is 0 Å². The van der Waals surface area contributed by atoms with Crippen molar-refractivity contribution < 1.29 is 9.64 Å². The smallest absolute Gasteiger partial charge is 0.166 e. The Bertz CT molecular complexity index is 699. The Morgan fingerprint density at radius 1 is 1.04 bits per heavy atom. The third-order valence-corrected chi connectivity index (χ3v) is 5.55. The second-order valence-corrected chi connectivity index (χ2v) is 7.47. The predicted octanol–water partition coefficient (Wildman–Crippen LogP) is 2.12. The summed E-state index contributed by atoms with van der Waals surface area (Å²) in [4.78, 5) is 1.64. The Labute approximate surface area is 167 Å². The number of likely N-dealkylation sites (tertiary alicyclic amines) is 1. The molecule has 0 spiro atoms. The van der Waals surface area contributed by atoms with Gasteiger partial charge in [-0.15, -0.1) is 0 Å². The third-order valence-electron chi connectivity index (χ3n) is 5.27. The van der Waals surface area contributed by atoms with Gasteiger partial charge >= 0.3 is 0 Å². The quantitative estimate of drug-likeness (QED) is 0.610. The zero-order valence-corrected chi connectivity index (χ0v) is 16.9. The average molecular weight is 385 g/mol. The fourth-order valence-electron chi connectivity index (χ4n) is 3.73. The van der Waals surface area contributed by atoms with E-state index in [0.29, 0.717) is 6.04 Å². The van der Waals surface area contributed by atoms with Crippen molar-refractivity contribution in [2.24, 2.45) is 0 Å². The van der Waals surface area contributed by atoms with Crippen LogP contribution in [0.2, 0.25) is 0 Å². The van der Waals surface area contributed by atoms with Gasteiger partial charge < -0.3 is 20.3 Å². The SMILES string of the molecule is COc1ccc([C@H](CNC(=S)NCCc2ccccc2)[NH+]2CCCC2)cc1. The monoisotopic (exact) mass is 384 g/mol. The molecule has 0 aliphatic carbocycles. The first kappa shape index (κ1) is 19.6. The van der Waals surface area contributed by atoms with E-state index in [1.54, 1.807) is 12.0 Å². The molecular weight excluding hydrogens is 354 g/mol. The molecule has 0 bridgehead atoms. The van der Waals surface area contributed by atoms with E-state index in [-0.39, 0.29) is 0 Å². The Morgan fingerprint density at radius 3 is 2.41 bits per heavy atom. The van der Waals surface area contributed by atoms with Crippen LogP contribution in [0.1, 0.15) is 30.0 Å². The maximum absolute atomic E-state index is 5.50. The van der Waals surface area contributed by atoms with Gasteiger partial charge in [0.05, 0.1) is 26.7 Å². The molecule has 0 amide bonds. The van der Waals surface area contributed by atoms with Gasteiger partial charge in [0.15, 0.2) is 5.11 Å². The molecule has 1 fully saturated rings. The highest BCUT2D eigenvalue weighted by Gasteiger charge is 2.27. The van der Waals surface area contributed by atoms with E-state index in [0.717, 1.165) is 30.4 Å². The Kier molecular flexibility index (Phi) is 7.48. The van der Waals surface area contributed by atoms with Crippen LogP contribution in [0.3, 0.4) is 0 Å². The van der Waals surface area contributed by atoms with Crippen molar-refractivity contribution in [1.29, 1.82) is 0 Å². The van der Waals surface area contributed by atoms with Crippen LogP contribution in [-0.2, 0) is 6.42 Å². The van der Waals surface area contributed by atoms with Gasteiger partial charge in [-0.05, 0) is 48.5 Å². The zero-order valence-electron chi connectivity index (χ0n) is 16.0. The normalized spacial score (nSPS) is 15.3. The van der Waals surface area contributed by atoms with E-state index in [2.05, 4.69) is 47.0 Å². The minimum absolute atomic E-state index is 0.410. The van der Waals surface area contributed by atoms with Gasteiger partial charge in [0.2, 0.25) is 0 Å². The van der Waals surface area contributed by atoms with Crippen molar-refractivity contribution >= 4 is 17.3 Å². The predicted molar refractivity (Wildman–Crippen MR) is 114 cm³/mol. The van der Waals surface area contributed by atoms with Crippen LogP contribution in [0.15, 0.2) is 54.6 Å². The number of methoxy groups -OCH3 is 1. The molecule has 4 nitrogen and oxygen atoms in total. The maximum Gasteiger partial charge on any atom is 0.166 e. The van der Waals surface area contributed by atoms with Crippen molar-refractivity contribution in [3.8, 4) is 5.75 Å². The Morgan fingerprint density at radius 2 is 1.74 bits per heavy atom. The summed E-state index contributed by atoms with van der Waals surface area (Å²) < 4.78 is 5.30. The number of nitrogens with one attached hydrogen (secondary N) is 3. The van der Waals surface area contributed by atoms with Crippen LogP contribution < -0.4 is 20.3 Å². The first-order chi connectivity index (χ1) is 13.3. The molecule has 0 saturated carbocycles. The van der Waals surface area contributed by atoms with Gasteiger partial charge in [-0.3, -0.25) is 0 Å². The first-order valence-corrected chi connectivity index (χ1v) is 10.2. The highest BCUT2D eigenvalue weighted by molar-refractivity contribution is 7.80. The van der Waals surface area contributed by atoms with Crippen LogP contribution in [0, 0.1) is 0 Å². The lowest BCUT2D eigenvalue weighted by Crippen LogP contribution is -3.11. The molecule has 144 valence electrons. The Hall–Kier alpha value is -2.11. The molecule has 1 atom stereocenters. The summed E-state index contributed by atoms with van der Waals surface area (Å²) in [5, 5.41) is 7.52. The number of thiocarbonyl (C=S) groups is 1. The molecule has 2 aromatic rings. The molecule has 1 aliphatic heterocycles. The van der Waals surface area contributed by atoms with Gasteiger partial charge in [0.25, 0.3) is 0 Å². The van der Waals surface area contributed by atoms with E-state index < -0.39 is 0 Å². The molecule has 5 heteroatoms. The summed E-state index contributed by atoms with van der Waals surface area (Å²) in [5.41, 5.74) is 2.66. The summed E-state index contributed by atoms with van der Waals surface area (Å²) in [5.74, 6) is 0.903. The van der Waals surface area contributed by atoms with Crippen molar-refractivity contribution in [1.82, 2.24) is 10.6 Å². The van der Waals surface area contributed by atoms with Crippen LogP contribution >= 0.6 is 12.2 Å². The molecule has 0 aromatic heterocycles. The second kappa shape index (κ2) is 10.3. The fraction of sp³-hybridized carbons (Fsp3) is 0.409. The summed E-state index contributed by atoms with van der Waals surface area (Å²) in [6, 6.07) is 19.4. The van der Waals surface area contributed by atoms with Crippen molar-refractivity contribution in [2.75, 3.05) is 33.3 Å². The lowest BCUT2D eigenvalue weighted by atomic mass is 10.1. The van der Waals surface area contributed by atoms with E-state index in [9.17, 15) is 0 Å². The fourth-order valence-corrected chi connectivity index (χ4v) is 3.92. The van der Waals surface area contributed by atoms with E-state index in [1.807, 2.05) is 18.2 Å². The molecule has 3 rings (SSSR count). The minimum atomic E-state index is 0.410. The number of benzene rings is 2. The summed E-state index contributed by atoms with van der Waals surface area (Å²) in [7, 11) is 1.71. The second-order valence-electron chi connectivity index (χ2n) is 7.06. The summed E-state index contributed by atoms with van der Waals surface area (Å²) in [6.45, 7) is 4.15. The highest BCUT2D eigenvalue weighted by atomic mass is 32.1. The van der Waals surface area contributed by atoms with Gasteiger partial charge in [-0.1, -0.05) is 30.3 Å². The average Bonchev–Trinajstić information content (AvgIpc) is 3.24. The number of ether oxygens (including phenoxy) is 1. The van der Waals surface area contributed by atoms with E-state index in [4.69, 9.17) is 17.0 Å². The molecule has 27 heavy (non-hydrogen) atoms. The zero-order chi connectivity index (χ0) is 18.9. The van der Waals surface area contributed by atoms with Crippen LogP contribution in [0.25, 0.3) is 0 Å². The molecule has 1 aliphatic rings. The summed E-state index contributed by atoms with van der Waals surface area (Å²) >= 11 is 5.50. The number of hydrogen-bond acceptors (Lipinski definition) is 2. The van der Waals surface area contributed by atoms with Gasteiger partial charge in [-0.2, -0.15) is 0 Å². The standard InChI is InChI=1S/C22H29N3OS/c1-26-20-11-9-19(10-12-20)21(25-15-5-6-16-25)17-24-22(27)23-14-13-18-7-3-2-4-8-18/h2-4,7-12,21H,5-6,13-17H2,1H3,(H2,23,24,27)/p+1/t21-/m0/s1. The maximum atomic E-state index is 5.50. The molecular formula is C22H30N3OS+. The van der Waals surface area contributed by atoms with Crippen LogP contribution in [-0.4, -0.2) is 38.4 Å². The molecule has 2 aromatic carbocycles. The largest absolute Gasteiger partial charge is 0.497 e. The molecule has 1 heterocycles. The van der Waals surface area contributed by atoms with Crippen LogP contribution in [0.5, 0.6) is 5.75 Å². The van der Waals surface area contributed by atoms with Gasteiger partial charge in [-0.25, -0.2) is 0 Å². The topological polar surface area (TPSA) is 37.7 Å².